The van der Waals surface area contributed by atoms with Crippen LogP contribution in [0.5, 0.6) is 0 Å². The molecule has 1 aromatic carbocycles. The molecule has 1 aromatic heterocycles. The molecule has 15 heavy (non-hydrogen) atoms. The summed E-state index contributed by atoms with van der Waals surface area (Å²) in [6, 6.07) is 4.57. The standard InChI is InChI=1S/C9H8ClFN4/c10-7-2-1-3-8(11)6(7)4-12-9-13-5-14-15-9/h1-3,5H,4H2,(H2,12,13,14,15). The zero-order valence-corrected chi connectivity index (χ0v) is 8.42. The fourth-order valence-electron chi connectivity index (χ4n) is 1.16. The van der Waals surface area contributed by atoms with Gasteiger partial charge in [-0.1, -0.05) is 17.7 Å². The zero-order valence-electron chi connectivity index (χ0n) is 7.67. The average molecular weight is 227 g/mol. The second-order valence-electron chi connectivity index (χ2n) is 2.89. The molecule has 0 amide bonds. The second-order valence-corrected chi connectivity index (χ2v) is 3.30. The predicted octanol–water partition coefficient (Wildman–Crippen LogP) is 2.21. The maximum Gasteiger partial charge on any atom is 0.218 e. The Bertz CT molecular complexity index is 423. The highest BCUT2D eigenvalue weighted by atomic mass is 35.5. The summed E-state index contributed by atoms with van der Waals surface area (Å²) in [6.07, 6.45) is 1.37. The van der Waals surface area contributed by atoms with Crippen LogP contribution in [0.2, 0.25) is 5.02 Å². The number of rotatable bonds is 3. The summed E-state index contributed by atoms with van der Waals surface area (Å²) in [5.74, 6) is 0.142. The molecule has 0 aliphatic carbocycles. The van der Waals surface area contributed by atoms with Gasteiger partial charge in [0.05, 0.1) is 0 Å². The fraction of sp³-hybridized carbons (Fsp3) is 0.111. The van der Waals surface area contributed by atoms with Crippen molar-refractivity contribution in [2.24, 2.45) is 0 Å². The van der Waals surface area contributed by atoms with Crippen molar-refractivity contribution in [3.05, 3.63) is 40.9 Å². The first-order chi connectivity index (χ1) is 7.27. The highest BCUT2D eigenvalue weighted by Crippen LogP contribution is 2.19. The lowest BCUT2D eigenvalue weighted by atomic mass is 10.2. The molecule has 6 heteroatoms. The third-order valence-corrected chi connectivity index (χ3v) is 2.26. The van der Waals surface area contributed by atoms with Crippen LogP contribution in [0.3, 0.4) is 0 Å². The van der Waals surface area contributed by atoms with Crippen LogP contribution >= 0.6 is 11.6 Å². The zero-order chi connectivity index (χ0) is 10.7. The van der Waals surface area contributed by atoms with E-state index in [1.165, 1.54) is 12.4 Å². The number of aromatic amines is 1. The number of aromatic nitrogens is 3. The molecule has 1 heterocycles. The summed E-state index contributed by atoms with van der Waals surface area (Å²) in [7, 11) is 0. The summed E-state index contributed by atoms with van der Waals surface area (Å²) in [6.45, 7) is 0.265. The summed E-state index contributed by atoms with van der Waals surface area (Å²) in [5, 5.41) is 9.52. The van der Waals surface area contributed by atoms with Crippen molar-refractivity contribution in [1.82, 2.24) is 15.2 Å². The molecule has 0 atom stereocenters. The molecule has 0 radical (unpaired) electrons. The molecule has 2 N–H and O–H groups in total. The van der Waals surface area contributed by atoms with Crippen molar-refractivity contribution < 1.29 is 4.39 Å². The largest absolute Gasteiger partial charge is 0.350 e. The van der Waals surface area contributed by atoms with E-state index in [0.29, 0.717) is 16.5 Å². The number of H-pyrrole nitrogens is 1. The lowest BCUT2D eigenvalue weighted by molar-refractivity contribution is 0.613. The van der Waals surface area contributed by atoms with Crippen molar-refractivity contribution in [2.45, 2.75) is 6.54 Å². The van der Waals surface area contributed by atoms with Gasteiger partial charge in [-0.15, -0.1) is 0 Å². The second kappa shape index (κ2) is 4.27. The van der Waals surface area contributed by atoms with E-state index >= 15 is 0 Å². The monoisotopic (exact) mass is 226 g/mol. The third-order valence-electron chi connectivity index (χ3n) is 1.91. The fourth-order valence-corrected chi connectivity index (χ4v) is 1.39. The van der Waals surface area contributed by atoms with Gasteiger partial charge in [0.1, 0.15) is 12.1 Å². The van der Waals surface area contributed by atoms with Crippen LogP contribution in [0, 0.1) is 5.82 Å². The van der Waals surface area contributed by atoms with Crippen LogP contribution in [-0.4, -0.2) is 15.2 Å². The van der Waals surface area contributed by atoms with E-state index < -0.39 is 0 Å². The van der Waals surface area contributed by atoms with Gasteiger partial charge in [0.2, 0.25) is 5.95 Å². The molecule has 4 nitrogen and oxygen atoms in total. The van der Waals surface area contributed by atoms with Gasteiger partial charge in [-0.2, -0.15) is 5.10 Å². The SMILES string of the molecule is Fc1cccc(Cl)c1CNc1ncn[nH]1. The van der Waals surface area contributed by atoms with Crippen LogP contribution in [0.4, 0.5) is 10.3 Å². The van der Waals surface area contributed by atoms with Gasteiger partial charge in [0.15, 0.2) is 0 Å². The first-order valence-electron chi connectivity index (χ1n) is 4.29. The highest BCUT2D eigenvalue weighted by molar-refractivity contribution is 6.31. The van der Waals surface area contributed by atoms with E-state index in [1.54, 1.807) is 12.1 Å². The van der Waals surface area contributed by atoms with Crippen molar-refractivity contribution in [2.75, 3.05) is 5.32 Å². The predicted molar refractivity (Wildman–Crippen MR) is 55.1 cm³/mol. The Morgan fingerprint density at radius 2 is 2.33 bits per heavy atom. The summed E-state index contributed by atoms with van der Waals surface area (Å²) < 4.78 is 13.3. The molecule has 0 bridgehead atoms. The summed E-state index contributed by atoms with van der Waals surface area (Å²) >= 11 is 5.84. The lowest BCUT2D eigenvalue weighted by Crippen LogP contribution is -2.03. The maximum absolute atomic E-state index is 13.3. The molecular formula is C9H8ClFN4. The Hall–Kier alpha value is -1.62. The van der Waals surface area contributed by atoms with Crippen LogP contribution in [0.15, 0.2) is 24.5 Å². The number of hydrogen-bond donors (Lipinski definition) is 2. The molecule has 78 valence electrons. The molecule has 0 saturated heterocycles. The van der Waals surface area contributed by atoms with Crippen molar-refractivity contribution in [3.8, 4) is 0 Å². The normalized spacial score (nSPS) is 10.3. The van der Waals surface area contributed by atoms with E-state index in [4.69, 9.17) is 11.6 Å². The van der Waals surface area contributed by atoms with E-state index in [0.717, 1.165) is 0 Å². The maximum atomic E-state index is 13.3. The van der Waals surface area contributed by atoms with Gasteiger partial charge >= 0.3 is 0 Å². The van der Waals surface area contributed by atoms with Gasteiger partial charge in [0.25, 0.3) is 0 Å². The average Bonchev–Trinajstić information content (AvgIpc) is 2.70. The number of benzene rings is 1. The third kappa shape index (κ3) is 2.24. The smallest absolute Gasteiger partial charge is 0.218 e. The van der Waals surface area contributed by atoms with Crippen molar-refractivity contribution >= 4 is 17.5 Å². The Morgan fingerprint density at radius 1 is 1.47 bits per heavy atom. The van der Waals surface area contributed by atoms with Gasteiger partial charge in [0, 0.05) is 17.1 Å². The summed E-state index contributed by atoms with van der Waals surface area (Å²) in [4.78, 5) is 3.85. The minimum absolute atomic E-state index is 0.265. The van der Waals surface area contributed by atoms with E-state index in [2.05, 4.69) is 20.5 Å². The molecular weight excluding hydrogens is 219 g/mol. The minimum atomic E-state index is -0.338. The van der Waals surface area contributed by atoms with Crippen molar-refractivity contribution in [1.29, 1.82) is 0 Å². The van der Waals surface area contributed by atoms with Gasteiger partial charge in [-0.3, -0.25) is 0 Å². The minimum Gasteiger partial charge on any atom is -0.350 e. The van der Waals surface area contributed by atoms with Gasteiger partial charge in [-0.05, 0) is 12.1 Å². The van der Waals surface area contributed by atoms with Crippen molar-refractivity contribution in [3.63, 3.8) is 0 Å². The molecule has 2 aromatic rings. The Labute approximate surface area is 90.5 Å². The van der Waals surface area contributed by atoms with Gasteiger partial charge in [-0.25, -0.2) is 14.5 Å². The number of nitrogens with one attached hydrogen (secondary N) is 2. The highest BCUT2D eigenvalue weighted by Gasteiger charge is 2.06. The first-order valence-corrected chi connectivity index (χ1v) is 4.67. The molecule has 0 fully saturated rings. The number of nitrogens with zero attached hydrogens (tertiary/aromatic N) is 2. The lowest BCUT2D eigenvalue weighted by Gasteiger charge is -2.05. The Balaban J connectivity index is 2.11. The number of anilines is 1. The topological polar surface area (TPSA) is 53.6 Å². The molecule has 0 spiro atoms. The van der Waals surface area contributed by atoms with Crippen LogP contribution < -0.4 is 5.32 Å². The number of hydrogen-bond acceptors (Lipinski definition) is 3. The molecule has 0 aliphatic rings. The van der Waals surface area contributed by atoms with E-state index in [-0.39, 0.29) is 12.4 Å². The first kappa shape index (κ1) is 9.92. The van der Waals surface area contributed by atoms with E-state index in [1.807, 2.05) is 0 Å². The molecule has 0 aliphatic heterocycles. The number of halogens is 2. The molecule has 0 saturated carbocycles. The quantitative estimate of drug-likeness (QED) is 0.844. The molecule has 2 rings (SSSR count). The summed E-state index contributed by atoms with van der Waals surface area (Å²) in [5.41, 5.74) is 0.413. The van der Waals surface area contributed by atoms with Crippen LogP contribution in [0.1, 0.15) is 5.56 Å². The van der Waals surface area contributed by atoms with Crippen LogP contribution in [0.25, 0.3) is 0 Å². The molecule has 0 unspecified atom stereocenters. The van der Waals surface area contributed by atoms with E-state index in [9.17, 15) is 4.39 Å². The van der Waals surface area contributed by atoms with Crippen LogP contribution in [-0.2, 0) is 6.54 Å². The van der Waals surface area contributed by atoms with Gasteiger partial charge < -0.3 is 5.32 Å². The Morgan fingerprint density at radius 3 is 3.00 bits per heavy atom. The Kier molecular flexibility index (Phi) is 2.82.